The topological polar surface area (TPSA) is 93.0 Å². The third kappa shape index (κ3) is 1.94. The highest BCUT2D eigenvalue weighted by atomic mass is 16.3. The number of rotatable bonds is 2. The second-order valence-electron chi connectivity index (χ2n) is 3.13. The Kier molecular flexibility index (Phi) is 3.42. The van der Waals surface area contributed by atoms with Gasteiger partial charge in [-0.3, -0.25) is 0 Å². The summed E-state index contributed by atoms with van der Waals surface area (Å²) in [5.74, 6) is -0.487. The minimum atomic E-state index is -0.970. The van der Waals surface area contributed by atoms with Crippen molar-refractivity contribution in [3.05, 3.63) is 0 Å². The van der Waals surface area contributed by atoms with E-state index >= 15 is 0 Å². The van der Waals surface area contributed by atoms with E-state index in [1.807, 2.05) is 0 Å². The minimum Gasteiger partial charge on any atom is -0.394 e. The number of β-amino-alcohol motifs (C(OH)–C–C–N with tert-alkyl or cyclic N) is 1. The summed E-state index contributed by atoms with van der Waals surface area (Å²) in [7, 11) is 0. The van der Waals surface area contributed by atoms with Crippen LogP contribution in [0.3, 0.4) is 0 Å². The van der Waals surface area contributed by atoms with Gasteiger partial charge in [-0.15, -0.1) is 0 Å². The third-order valence-corrected chi connectivity index (χ3v) is 2.25. The number of hydrogen-bond donors (Lipinski definition) is 5. The molecule has 1 aliphatic rings. The predicted molar refractivity (Wildman–Crippen MR) is 41.5 cm³/mol. The predicted octanol–water partition coefficient (Wildman–Crippen LogP) is -2.72. The Labute approximate surface area is 70.6 Å². The van der Waals surface area contributed by atoms with Crippen molar-refractivity contribution in [3.8, 4) is 0 Å². The Morgan fingerprint density at radius 1 is 1.33 bits per heavy atom. The van der Waals surface area contributed by atoms with Gasteiger partial charge in [0.15, 0.2) is 0 Å². The van der Waals surface area contributed by atoms with Gasteiger partial charge < -0.3 is 25.7 Å². The zero-order chi connectivity index (χ0) is 9.14. The van der Waals surface area contributed by atoms with E-state index in [4.69, 9.17) is 5.11 Å². The van der Waals surface area contributed by atoms with Gasteiger partial charge in [0.25, 0.3) is 0 Å². The number of aliphatic hydroxyl groups excluding tert-OH is 4. The number of aliphatic hydroxyl groups is 4. The molecule has 72 valence electrons. The molecule has 1 fully saturated rings. The van der Waals surface area contributed by atoms with Crippen molar-refractivity contribution in [1.29, 1.82) is 0 Å². The van der Waals surface area contributed by atoms with Crippen molar-refractivity contribution in [1.82, 2.24) is 5.32 Å². The van der Waals surface area contributed by atoms with E-state index < -0.39 is 30.8 Å². The molecule has 0 aromatic carbocycles. The van der Waals surface area contributed by atoms with Crippen LogP contribution in [0.2, 0.25) is 0 Å². The highest BCUT2D eigenvalue weighted by Gasteiger charge is 2.34. The molecule has 0 unspecified atom stereocenters. The fraction of sp³-hybridized carbons (Fsp3) is 1.00. The lowest BCUT2D eigenvalue weighted by atomic mass is 9.89. The number of nitrogens with one attached hydrogen (secondary N) is 1. The van der Waals surface area contributed by atoms with Crippen molar-refractivity contribution >= 4 is 0 Å². The van der Waals surface area contributed by atoms with Crippen molar-refractivity contribution < 1.29 is 20.4 Å². The molecule has 5 heteroatoms. The summed E-state index contributed by atoms with van der Waals surface area (Å²) >= 11 is 0. The normalized spacial score (nSPS) is 39.5. The highest BCUT2D eigenvalue weighted by molar-refractivity contribution is 4.87. The molecule has 1 rings (SSSR count). The second kappa shape index (κ2) is 4.15. The maximum Gasteiger partial charge on any atom is 0.0927 e. The van der Waals surface area contributed by atoms with Crippen LogP contribution in [0.4, 0.5) is 0 Å². The summed E-state index contributed by atoms with van der Waals surface area (Å²) < 4.78 is 0. The molecule has 0 saturated carbocycles. The van der Waals surface area contributed by atoms with Crippen LogP contribution in [0.1, 0.15) is 0 Å². The first-order valence-corrected chi connectivity index (χ1v) is 4.02. The third-order valence-electron chi connectivity index (χ3n) is 2.25. The standard InChI is InChI=1S/C7H15NO4/c9-3-6(11)4-1-8-2-5(10)7(4)12/h4-12H,1-3H2/t4-,5+,6-,7-/m1/s1. The zero-order valence-corrected chi connectivity index (χ0v) is 6.72. The average Bonchev–Trinajstić information content (AvgIpc) is 2.08. The first-order chi connectivity index (χ1) is 5.66. The van der Waals surface area contributed by atoms with Crippen molar-refractivity contribution in [2.75, 3.05) is 19.7 Å². The maximum atomic E-state index is 9.38. The van der Waals surface area contributed by atoms with Gasteiger partial charge in [0, 0.05) is 19.0 Å². The Morgan fingerprint density at radius 3 is 2.58 bits per heavy atom. The van der Waals surface area contributed by atoms with Gasteiger partial charge in [-0.25, -0.2) is 0 Å². The van der Waals surface area contributed by atoms with Crippen molar-refractivity contribution in [3.63, 3.8) is 0 Å². The van der Waals surface area contributed by atoms with Gasteiger partial charge in [0.1, 0.15) is 0 Å². The average molecular weight is 177 g/mol. The molecule has 0 aromatic heterocycles. The Bertz CT molecular complexity index is 143. The molecule has 1 heterocycles. The lowest BCUT2D eigenvalue weighted by Crippen LogP contribution is -2.54. The molecule has 0 amide bonds. The van der Waals surface area contributed by atoms with Crippen LogP contribution in [0.25, 0.3) is 0 Å². The molecule has 0 radical (unpaired) electrons. The number of piperidine rings is 1. The fourth-order valence-corrected chi connectivity index (χ4v) is 1.42. The van der Waals surface area contributed by atoms with Gasteiger partial charge >= 0.3 is 0 Å². The Morgan fingerprint density at radius 2 is 2.00 bits per heavy atom. The molecule has 5 nitrogen and oxygen atoms in total. The molecule has 0 aliphatic carbocycles. The monoisotopic (exact) mass is 177 g/mol. The molecule has 0 aromatic rings. The first-order valence-electron chi connectivity index (χ1n) is 4.02. The summed E-state index contributed by atoms with van der Waals surface area (Å²) in [5, 5.41) is 39.2. The molecule has 5 N–H and O–H groups in total. The van der Waals surface area contributed by atoms with E-state index in [0.717, 1.165) is 0 Å². The van der Waals surface area contributed by atoms with E-state index in [-0.39, 0.29) is 0 Å². The van der Waals surface area contributed by atoms with Crippen molar-refractivity contribution in [2.24, 2.45) is 5.92 Å². The Balaban J connectivity index is 2.51. The number of hydrogen-bond acceptors (Lipinski definition) is 5. The van der Waals surface area contributed by atoms with Gasteiger partial charge in [-0.1, -0.05) is 0 Å². The lowest BCUT2D eigenvalue weighted by Gasteiger charge is -2.34. The molecular formula is C7H15NO4. The molecule has 4 atom stereocenters. The second-order valence-corrected chi connectivity index (χ2v) is 3.13. The largest absolute Gasteiger partial charge is 0.394 e. The van der Waals surface area contributed by atoms with E-state index in [1.54, 1.807) is 0 Å². The van der Waals surface area contributed by atoms with Gasteiger partial charge in [-0.05, 0) is 0 Å². The van der Waals surface area contributed by atoms with Gasteiger partial charge in [-0.2, -0.15) is 0 Å². The minimum absolute atomic E-state index is 0.329. The van der Waals surface area contributed by atoms with Crippen LogP contribution in [0.15, 0.2) is 0 Å². The summed E-state index contributed by atoms with van der Waals surface area (Å²) in [6, 6.07) is 0. The van der Waals surface area contributed by atoms with E-state index in [9.17, 15) is 15.3 Å². The van der Waals surface area contributed by atoms with Gasteiger partial charge in [0.05, 0.1) is 24.9 Å². The zero-order valence-electron chi connectivity index (χ0n) is 6.72. The quantitative estimate of drug-likeness (QED) is 0.316. The van der Waals surface area contributed by atoms with Crippen LogP contribution in [-0.4, -0.2) is 58.4 Å². The van der Waals surface area contributed by atoms with Crippen LogP contribution < -0.4 is 5.32 Å². The van der Waals surface area contributed by atoms with E-state index in [2.05, 4.69) is 5.32 Å². The van der Waals surface area contributed by atoms with Crippen LogP contribution in [0, 0.1) is 5.92 Å². The van der Waals surface area contributed by atoms with Crippen LogP contribution in [0.5, 0.6) is 0 Å². The smallest absolute Gasteiger partial charge is 0.0927 e. The molecule has 0 spiro atoms. The summed E-state index contributed by atoms with van der Waals surface area (Å²) in [6.45, 7) is 0.353. The van der Waals surface area contributed by atoms with Crippen LogP contribution >= 0.6 is 0 Å². The lowest BCUT2D eigenvalue weighted by molar-refractivity contribution is -0.0842. The van der Waals surface area contributed by atoms with Crippen molar-refractivity contribution in [2.45, 2.75) is 18.3 Å². The molecule has 12 heavy (non-hydrogen) atoms. The van der Waals surface area contributed by atoms with E-state index in [0.29, 0.717) is 13.1 Å². The van der Waals surface area contributed by atoms with Gasteiger partial charge in [0.2, 0.25) is 0 Å². The Hall–Kier alpha value is -0.200. The first kappa shape index (κ1) is 9.88. The summed E-state index contributed by atoms with van der Waals surface area (Å²) in [4.78, 5) is 0. The highest BCUT2D eigenvalue weighted by Crippen LogP contribution is 2.15. The fourth-order valence-electron chi connectivity index (χ4n) is 1.42. The maximum absolute atomic E-state index is 9.38. The molecule has 1 saturated heterocycles. The summed E-state index contributed by atoms with van der Waals surface area (Å²) in [5.41, 5.74) is 0. The van der Waals surface area contributed by atoms with E-state index in [1.165, 1.54) is 0 Å². The SMILES string of the molecule is OC[C@@H](O)[C@H]1CNC[C@H](O)[C@@H]1O. The molecular weight excluding hydrogens is 162 g/mol. The molecule has 1 aliphatic heterocycles. The molecule has 0 bridgehead atoms. The van der Waals surface area contributed by atoms with Crippen LogP contribution in [-0.2, 0) is 0 Å². The summed E-state index contributed by atoms with van der Waals surface area (Å²) in [6.07, 6.45) is -2.78.